The molecule has 2 N–H and O–H groups in total. The average molecular weight is 469 g/mol. The molecular weight excluding hydrogens is 456 g/mol. The molecule has 3 aromatic rings. The van der Waals surface area contributed by atoms with Gasteiger partial charge in [-0.2, -0.15) is 0 Å². The first-order valence-corrected chi connectivity index (χ1v) is 10.5. The van der Waals surface area contributed by atoms with Crippen molar-refractivity contribution in [1.29, 1.82) is 0 Å². The van der Waals surface area contributed by atoms with Gasteiger partial charge in [-0.25, -0.2) is 21.5 Å². The van der Waals surface area contributed by atoms with Gasteiger partial charge in [-0.1, -0.05) is 12.1 Å². The van der Waals surface area contributed by atoms with E-state index < -0.39 is 41.3 Å². The van der Waals surface area contributed by atoms with Crippen LogP contribution in [-0.2, 0) is 20.2 Å². The summed E-state index contributed by atoms with van der Waals surface area (Å²) < 4.78 is 69.0. The number of hydrogen-bond acceptors (Lipinski definition) is 8. The molecule has 0 bridgehead atoms. The predicted molar refractivity (Wildman–Crippen MR) is 97.3 cm³/mol. The van der Waals surface area contributed by atoms with Crippen molar-refractivity contribution in [3.63, 3.8) is 0 Å². The zero-order valence-electron chi connectivity index (χ0n) is 16.2. The minimum atomic E-state index is -5.19. The van der Waals surface area contributed by atoms with Gasteiger partial charge in [0.15, 0.2) is 0 Å². The standard InChI is InChI=1S/C16H15N3O7S2.2Na/c1-17-11-4-2-3-10(7-11)13-9-16(20)19(18-13)14-6-5-12(27(21,22)23)8-15(14)28(24,25)26;;/h2-9,17-18H,1H3,(H,21,22,23)(H,24,25,26);;/q;2*+1/p-2. The molecule has 0 aliphatic rings. The van der Waals surface area contributed by atoms with E-state index in [9.17, 15) is 30.7 Å². The molecule has 0 spiro atoms. The fourth-order valence-corrected chi connectivity index (χ4v) is 3.86. The van der Waals surface area contributed by atoms with Crippen LogP contribution in [0, 0.1) is 0 Å². The monoisotopic (exact) mass is 469 g/mol. The van der Waals surface area contributed by atoms with Crippen molar-refractivity contribution in [3.05, 3.63) is 58.9 Å². The minimum Gasteiger partial charge on any atom is -0.744 e. The normalized spacial score (nSPS) is 11.3. The van der Waals surface area contributed by atoms with Crippen molar-refractivity contribution in [2.75, 3.05) is 12.4 Å². The van der Waals surface area contributed by atoms with Gasteiger partial charge in [0.1, 0.15) is 20.2 Å². The maximum Gasteiger partial charge on any atom is 1.00 e. The molecule has 1 aromatic heterocycles. The summed E-state index contributed by atoms with van der Waals surface area (Å²) >= 11 is 0. The van der Waals surface area contributed by atoms with Crippen LogP contribution in [0.3, 0.4) is 0 Å². The van der Waals surface area contributed by atoms with E-state index in [1.165, 1.54) is 6.07 Å². The number of anilines is 1. The van der Waals surface area contributed by atoms with Gasteiger partial charge in [-0.15, -0.1) is 0 Å². The van der Waals surface area contributed by atoms with Crippen LogP contribution >= 0.6 is 0 Å². The van der Waals surface area contributed by atoms with Crippen LogP contribution in [0.5, 0.6) is 0 Å². The van der Waals surface area contributed by atoms with Gasteiger partial charge in [-0.3, -0.25) is 9.89 Å². The van der Waals surface area contributed by atoms with Crippen LogP contribution in [0.15, 0.2) is 63.1 Å². The molecule has 30 heavy (non-hydrogen) atoms. The molecule has 148 valence electrons. The number of nitrogens with zero attached hydrogens (tertiary/aromatic N) is 1. The summed E-state index contributed by atoms with van der Waals surface area (Å²) in [4.78, 5) is 10.5. The Balaban J connectivity index is 0.00000225. The maximum absolute atomic E-state index is 12.4. The maximum atomic E-state index is 12.4. The molecule has 0 radical (unpaired) electrons. The number of benzene rings is 2. The van der Waals surface area contributed by atoms with Crippen molar-refractivity contribution < 1.29 is 85.1 Å². The Hall–Kier alpha value is -0.930. The summed E-state index contributed by atoms with van der Waals surface area (Å²) in [6.45, 7) is 0. The van der Waals surface area contributed by atoms with Crippen LogP contribution in [0.25, 0.3) is 16.9 Å². The molecule has 3 rings (SSSR count). The first-order valence-electron chi connectivity index (χ1n) is 7.67. The molecule has 0 saturated carbocycles. The number of nitrogens with one attached hydrogen (secondary N) is 2. The molecule has 0 amide bonds. The van der Waals surface area contributed by atoms with Gasteiger partial charge in [0.2, 0.25) is 0 Å². The average Bonchev–Trinajstić information content (AvgIpc) is 3.01. The molecule has 14 heteroatoms. The van der Waals surface area contributed by atoms with Gasteiger partial charge in [0, 0.05) is 24.4 Å². The second-order valence-corrected chi connectivity index (χ2v) is 8.44. The van der Waals surface area contributed by atoms with Crippen molar-refractivity contribution >= 4 is 25.9 Å². The zero-order chi connectivity index (χ0) is 20.7. The van der Waals surface area contributed by atoms with Gasteiger partial charge in [0.05, 0.1) is 21.2 Å². The number of hydrogen-bond donors (Lipinski definition) is 2. The second-order valence-electron chi connectivity index (χ2n) is 5.71. The Morgan fingerprint density at radius 1 is 0.933 bits per heavy atom. The van der Waals surface area contributed by atoms with Crippen molar-refractivity contribution in [1.82, 2.24) is 9.78 Å². The molecular formula is C16H13N3Na2O7S2. The summed E-state index contributed by atoms with van der Waals surface area (Å²) in [5.41, 5.74) is 0.611. The Morgan fingerprint density at radius 3 is 2.17 bits per heavy atom. The van der Waals surface area contributed by atoms with E-state index >= 15 is 0 Å². The van der Waals surface area contributed by atoms with Crippen LogP contribution < -0.4 is 70.0 Å². The summed E-state index contributed by atoms with van der Waals surface area (Å²) in [6, 6.07) is 10.3. The summed E-state index contributed by atoms with van der Waals surface area (Å²) in [5.74, 6) is 0. The number of H-pyrrole nitrogens is 1. The Morgan fingerprint density at radius 2 is 1.60 bits per heavy atom. The van der Waals surface area contributed by atoms with Gasteiger partial charge >= 0.3 is 59.1 Å². The van der Waals surface area contributed by atoms with E-state index in [4.69, 9.17) is 0 Å². The van der Waals surface area contributed by atoms with Gasteiger partial charge < -0.3 is 14.4 Å². The minimum absolute atomic E-state index is 0. The molecule has 10 nitrogen and oxygen atoms in total. The number of rotatable bonds is 5. The van der Waals surface area contributed by atoms with Crippen molar-refractivity contribution in [2.45, 2.75) is 9.79 Å². The predicted octanol–water partition coefficient (Wildman–Crippen LogP) is -5.31. The molecule has 1 heterocycles. The Kier molecular flexibility index (Phi) is 9.15. The van der Waals surface area contributed by atoms with Crippen LogP contribution in [-0.4, -0.2) is 42.8 Å². The first-order chi connectivity index (χ1) is 13.0. The first kappa shape index (κ1) is 27.1. The van der Waals surface area contributed by atoms with E-state index in [1.54, 1.807) is 31.3 Å². The summed E-state index contributed by atoms with van der Waals surface area (Å²) in [7, 11) is -8.48. The molecule has 0 unspecified atom stereocenters. The van der Waals surface area contributed by atoms with Crippen molar-refractivity contribution in [2.24, 2.45) is 0 Å². The number of aromatic nitrogens is 2. The third-order valence-electron chi connectivity index (χ3n) is 3.91. The van der Waals surface area contributed by atoms with E-state index in [2.05, 4.69) is 10.4 Å². The Labute approximate surface area is 216 Å². The SMILES string of the molecule is CNc1cccc(-c2cc(=O)n(-c3ccc(S(=O)(=O)[O-])cc3S(=O)(=O)[O-])[nH]2)c1.[Na+].[Na+]. The third-order valence-corrected chi connectivity index (χ3v) is 5.61. The fourth-order valence-electron chi connectivity index (χ4n) is 2.60. The molecule has 0 aliphatic heterocycles. The fraction of sp³-hybridized carbons (Fsp3) is 0.0625. The quantitative estimate of drug-likeness (QED) is 0.276. The molecule has 0 fully saturated rings. The number of aromatic amines is 1. The van der Waals surface area contributed by atoms with Crippen LogP contribution in [0.2, 0.25) is 0 Å². The zero-order valence-corrected chi connectivity index (χ0v) is 21.9. The largest absolute Gasteiger partial charge is 1.00 e. The van der Waals surface area contributed by atoms with Crippen LogP contribution in [0.1, 0.15) is 0 Å². The summed E-state index contributed by atoms with van der Waals surface area (Å²) in [6.07, 6.45) is 0. The van der Waals surface area contributed by atoms with E-state index in [0.717, 1.165) is 22.5 Å². The van der Waals surface area contributed by atoms with Crippen LogP contribution in [0.4, 0.5) is 5.69 Å². The van der Waals surface area contributed by atoms with Gasteiger partial charge in [0.25, 0.3) is 5.56 Å². The topological polar surface area (TPSA) is 164 Å². The summed E-state index contributed by atoms with van der Waals surface area (Å²) in [5, 5.41) is 5.62. The van der Waals surface area contributed by atoms with E-state index in [0.29, 0.717) is 17.3 Å². The third kappa shape index (κ3) is 5.85. The second kappa shape index (κ2) is 10.1. The van der Waals surface area contributed by atoms with E-state index in [-0.39, 0.29) is 59.1 Å². The molecule has 0 atom stereocenters. The smallest absolute Gasteiger partial charge is 0.744 e. The molecule has 2 aromatic carbocycles. The van der Waals surface area contributed by atoms with E-state index in [1.807, 2.05) is 0 Å². The molecule has 0 aliphatic carbocycles. The Bertz CT molecular complexity index is 1330. The molecule has 0 saturated heterocycles. The van der Waals surface area contributed by atoms with Crippen molar-refractivity contribution in [3.8, 4) is 16.9 Å². The van der Waals surface area contributed by atoms with Gasteiger partial charge in [-0.05, 0) is 30.3 Å².